The lowest BCUT2D eigenvalue weighted by Crippen LogP contribution is -2.01. The number of carbonyl (C=O) groups excluding carboxylic acids is 1. The Morgan fingerprint density at radius 2 is 1.88 bits per heavy atom. The number of ether oxygens (including phenoxy) is 2. The van der Waals surface area contributed by atoms with Crippen LogP contribution >= 0.6 is 45.2 Å². The number of esters is 1. The molecule has 0 amide bonds. The molecule has 5 heteroatoms. The van der Waals surface area contributed by atoms with Gasteiger partial charge in [-0.1, -0.05) is 12.1 Å². The largest absolute Gasteiger partial charge is 0.497 e. The third-order valence-electron chi connectivity index (χ3n) is 2.26. The summed E-state index contributed by atoms with van der Waals surface area (Å²) in [5.74, 6) is 0.549. The summed E-state index contributed by atoms with van der Waals surface area (Å²) in [5.41, 5.74) is 0.963. The fourth-order valence-corrected chi connectivity index (χ4v) is 2.53. The van der Waals surface area contributed by atoms with Gasteiger partial charge in [0.2, 0.25) is 0 Å². The van der Waals surface area contributed by atoms with Gasteiger partial charge >= 0.3 is 5.97 Å². The Bertz CT molecular complexity index is 451. The Morgan fingerprint density at radius 1 is 1.25 bits per heavy atom. The molecule has 0 radical (unpaired) electrons. The van der Waals surface area contributed by atoms with E-state index in [1.807, 2.05) is 46.9 Å². The van der Waals surface area contributed by atoms with Crippen LogP contribution in [-0.4, -0.2) is 13.1 Å². The molecule has 3 nitrogen and oxygen atoms in total. The van der Waals surface area contributed by atoms with Gasteiger partial charge in [0.05, 0.1) is 10.7 Å². The summed E-state index contributed by atoms with van der Waals surface area (Å²) in [5, 5.41) is 0. The lowest BCUT2D eigenvalue weighted by Gasteiger charge is -2.11. The molecule has 0 spiro atoms. The molecule has 1 unspecified atom stereocenters. The van der Waals surface area contributed by atoms with E-state index >= 15 is 0 Å². The van der Waals surface area contributed by atoms with E-state index in [1.54, 1.807) is 7.11 Å². The van der Waals surface area contributed by atoms with Crippen LogP contribution < -0.4 is 4.74 Å². The fraction of sp³-hybridized carbons (Fsp3) is 0.182. The van der Waals surface area contributed by atoms with Crippen molar-refractivity contribution in [2.45, 2.75) is 6.10 Å². The van der Waals surface area contributed by atoms with Gasteiger partial charge < -0.3 is 9.47 Å². The van der Waals surface area contributed by atoms with Crippen LogP contribution in [0.25, 0.3) is 0 Å². The number of benzene rings is 1. The molecule has 0 saturated carbocycles. The average molecular weight is 442 g/mol. The zero-order valence-electron chi connectivity index (χ0n) is 8.37. The zero-order valence-corrected chi connectivity index (χ0v) is 12.7. The van der Waals surface area contributed by atoms with Crippen molar-refractivity contribution in [2.75, 3.05) is 7.11 Å². The molecule has 84 valence electrons. The van der Waals surface area contributed by atoms with Crippen LogP contribution in [-0.2, 0) is 9.53 Å². The summed E-state index contributed by atoms with van der Waals surface area (Å²) in [6.45, 7) is 0. The van der Waals surface area contributed by atoms with Crippen molar-refractivity contribution >= 4 is 51.2 Å². The minimum atomic E-state index is -0.258. The summed E-state index contributed by atoms with van der Waals surface area (Å²) >= 11 is 4.16. The summed E-state index contributed by atoms with van der Waals surface area (Å²) in [6.07, 6.45) is -0.258. The Morgan fingerprint density at radius 3 is 2.31 bits per heavy atom. The van der Waals surface area contributed by atoms with Crippen molar-refractivity contribution in [3.8, 4) is 5.75 Å². The van der Waals surface area contributed by atoms with Crippen molar-refractivity contribution < 1.29 is 14.3 Å². The fourth-order valence-electron chi connectivity index (χ4n) is 1.42. The highest BCUT2D eigenvalue weighted by Gasteiger charge is 2.32. The average Bonchev–Trinajstić information content (AvgIpc) is 2.57. The van der Waals surface area contributed by atoms with Crippen molar-refractivity contribution in [3.63, 3.8) is 0 Å². The molecule has 1 heterocycles. The first-order valence-electron chi connectivity index (χ1n) is 4.53. The van der Waals surface area contributed by atoms with Crippen LogP contribution in [0.3, 0.4) is 0 Å². The second-order valence-electron chi connectivity index (χ2n) is 3.22. The van der Waals surface area contributed by atoms with Gasteiger partial charge in [0.25, 0.3) is 0 Å². The third kappa shape index (κ3) is 2.20. The van der Waals surface area contributed by atoms with Gasteiger partial charge in [0.15, 0.2) is 6.10 Å². The van der Waals surface area contributed by atoms with Gasteiger partial charge in [-0.15, -0.1) is 0 Å². The van der Waals surface area contributed by atoms with Crippen LogP contribution in [0, 0.1) is 0 Å². The molecule has 1 aliphatic heterocycles. The highest BCUT2D eigenvalue weighted by atomic mass is 127. The normalized spacial score (nSPS) is 19.9. The van der Waals surface area contributed by atoms with Crippen molar-refractivity contribution in [2.24, 2.45) is 0 Å². The Kier molecular flexibility index (Phi) is 3.73. The highest BCUT2D eigenvalue weighted by molar-refractivity contribution is 14.1. The first kappa shape index (κ1) is 12.2. The molecule has 1 aromatic carbocycles. The molecule has 0 saturated heterocycles. The topological polar surface area (TPSA) is 35.5 Å². The van der Waals surface area contributed by atoms with Gasteiger partial charge in [-0.3, -0.25) is 0 Å². The van der Waals surface area contributed by atoms with Gasteiger partial charge in [-0.2, -0.15) is 0 Å². The molecule has 0 N–H and O–H groups in total. The standard InChI is InChI=1S/C11H8I2O3/c1-15-7-4-2-6(3-5-7)10-8(12)9(13)11(14)16-10/h2-5,10H,1H3. The van der Waals surface area contributed by atoms with Crippen molar-refractivity contribution in [1.82, 2.24) is 0 Å². The molecule has 1 aliphatic rings. The number of carbonyl (C=O) groups is 1. The van der Waals surface area contributed by atoms with E-state index in [2.05, 4.69) is 22.6 Å². The Balaban J connectivity index is 2.29. The Hall–Kier alpha value is -0.310. The molecule has 2 rings (SSSR count). The van der Waals surface area contributed by atoms with E-state index in [0.717, 1.165) is 14.9 Å². The zero-order chi connectivity index (χ0) is 11.7. The van der Waals surface area contributed by atoms with Gasteiger partial charge in [0, 0.05) is 0 Å². The van der Waals surface area contributed by atoms with Crippen molar-refractivity contribution in [1.29, 1.82) is 0 Å². The van der Waals surface area contributed by atoms with Gasteiger partial charge in [0.1, 0.15) is 9.33 Å². The predicted octanol–water partition coefficient (Wildman–Crippen LogP) is 3.37. The molecule has 0 aromatic heterocycles. The number of hydrogen-bond donors (Lipinski definition) is 0. The summed E-state index contributed by atoms with van der Waals surface area (Å²) < 4.78 is 12.0. The van der Waals surface area contributed by atoms with Gasteiger partial charge in [-0.25, -0.2) is 4.79 Å². The van der Waals surface area contributed by atoms with E-state index in [0.29, 0.717) is 3.58 Å². The molecular weight excluding hydrogens is 434 g/mol. The SMILES string of the molecule is COc1ccc(C2OC(=O)C(I)=C2I)cc1. The predicted molar refractivity (Wildman–Crippen MR) is 76.9 cm³/mol. The molecule has 0 fully saturated rings. The minimum Gasteiger partial charge on any atom is -0.497 e. The second-order valence-corrected chi connectivity index (χ2v) is 5.46. The number of hydrogen-bond acceptors (Lipinski definition) is 3. The lowest BCUT2D eigenvalue weighted by molar-refractivity contribution is -0.139. The maximum atomic E-state index is 11.4. The molecule has 16 heavy (non-hydrogen) atoms. The van der Waals surface area contributed by atoms with E-state index < -0.39 is 0 Å². The third-order valence-corrected chi connectivity index (χ3v) is 5.42. The first-order valence-corrected chi connectivity index (χ1v) is 6.69. The first-order chi connectivity index (χ1) is 7.63. The Labute approximate surface area is 120 Å². The van der Waals surface area contributed by atoms with Crippen molar-refractivity contribution in [3.05, 3.63) is 37.0 Å². The molecular formula is C11H8I2O3. The van der Waals surface area contributed by atoms with Crippen LogP contribution in [0.1, 0.15) is 11.7 Å². The smallest absolute Gasteiger partial charge is 0.346 e. The molecule has 1 aromatic rings. The van der Waals surface area contributed by atoms with E-state index in [9.17, 15) is 4.79 Å². The van der Waals surface area contributed by atoms with E-state index in [1.165, 1.54) is 0 Å². The summed E-state index contributed by atoms with van der Waals surface area (Å²) in [4.78, 5) is 11.4. The monoisotopic (exact) mass is 442 g/mol. The number of halogens is 2. The number of rotatable bonds is 2. The minimum absolute atomic E-state index is 0.245. The summed E-state index contributed by atoms with van der Waals surface area (Å²) in [7, 11) is 1.62. The van der Waals surface area contributed by atoms with Crippen LogP contribution in [0.4, 0.5) is 0 Å². The van der Waals surface area contributed by atoms with E-state index in [4.69, 9.17) is 9.47 Å². The second kappa shape index (κ2) is 4.91. The molecule has 1 atom stereocenters. The highest BCUT2D eigenvalue weighted by Crippen LogP contribution is 2.41. The van der Waals surface area contributed by atoms with Gasteiger partial charge in [-0.05, 0) is 62.9 Å². The maximum absolute atomic E-state index is 11.4. The van der Waals surface area contributed by atoms with Crippen LogP contribution in [0.2, 0.25) is 0 Å². The number of cyclic esters (lactones) is 1. The molecule has 0 aliphatic carbocycles. The van der Waals surface area contributed by atoms with Crippen LogP contribution in [0.5, 0.6) is 5.75 Å². The quantitative estimate of drug-likeness (QED) is 0.521. The summed E-state index contributed by atoms with van der Waals surface area (Å²) in [6, 6.07) is 7.53. The number of methoxy groups -OCH3 is 1. The maximum Gasteiger partial charge on any atom is 0.346 e. The molecule has 0 bridgehead atoms. The van der Waals surface area contributed by atoms with E-state index in [-0.39, 0.29) is 12.1 Å². The lowest BCUT2D eigenvalue weighted by atomic mass is 10.1. The van der Waals surface area contributed by atoms with Crippen LogP contribution in [0.15, 0.2) is 31.4 Å².